The predicted octanol–water partition coefficient (Wildman–Crippen LogP) is 1.03. The molecule has 1 fully saturated rings. The van der Waals surface area contributed by atoms with Gasteiger partial charge in [0.2, 0.25) is 0 Å². The molecular formula is C19H22N6O2. The summed E-state index contributed by atoms with van der Waals surface area (Å²) in [6, 6.07) is 11.5. The number of nitriles is 1. The number of benzene rings is 1. The SMILES string of the molecule is CC1NNC(C)C1c1cc(-c2cccc(OCC(N)=O)c2)c(C#N)c(N)n1. The minimum Gasteiger partial charge on any atom is -0.484 e. The molecule has 6 N–H and O–H groups in total. The van der Waals surface area contributed by atoms with Crippen LogP contribution in [0.1, 0.15) is 31.0 Å². The molecule has 1 aliphatic heterocycles. The molecule has 0 radical (unpaired) electrons. The first kappa shape index (κ1) is 18.6. The summed E-state index contributed by atoms with van der Waals surface area (Å²) in [7, 11) is 0. The highest BCUT2D eigenvalue weighted by Crippen LogP contribution is 2.34. The van der Waals surface area contributed by atoms with Crippen molar-refractivity contribution in [1.29, 1.82) is 5.26 Å². The van der Waals surface area contributed by atoms with Gasteiger partial charge in [0.15, 0.2) is 6.61 Å². The van der Waals surface area contributed by atoms with Crippen LogP contribution in [0.25, 0.3) is 11.1 Å². The Labute approximate surface area is 157 Å². The van der Waals surface area contributed by atoms with Gasteiger partial charge in [0, 0.05) is 29.3 Å². The number of primary amides is 1. The Morgan fingerprint density at radius 3 is 2.63 bits per heavy atom. The number of carbonyl (C=O) groups excluding carboxylic acids is 1. The lowest BCUT2D eigenvalue weighted by Gasteiger charge is -2.19. The zero-order valence-electron chi connectivity index (χ0n) is 15.2. The van der Waals surface area contributed by atoms with E-state index < -0.39 is 5.91 Å². The Kier molecular flexibility index (Phi) is 5.26. The molecule has 140 valence electrons. The number of rotatable bonds is 5. The summed E-state index contributed by atoms with van der Waals surface area (Å²) >= 11 is 0. The second kappa shape index (κ2) is 7.61. The third kappa shape index (κ3) is 3.84. The van der Waals surface area contributed by atoms with Crippen LogP contribution < -0.4 is 27.1 Å². The van der Waals surface area contributed by atoms with Crippen LogP contribution in [-0.4, -0.2) is 29.6 Å². The van der Waals surface area contributed by atoms with Gasteiger partial charge in [0.1, 0.15) is 23.2 Å². The van der Waals surface area contributed by atoms with E-state index in [9.17, 15) is 10.1 Å². The number of nitrogens with one attached hydrogen (secondary N) is 2. The smallest absolute Gasteiger partial charge is 0.255 e. The Balaban J connectivity index is 2.05. The molecular weight excluding hydrogens is 344 g/mol. The molecule has 0 saturated carbocycles. The molecule has 2 unspecified atom stereocenters. The maximum absolute atomic E-state index is 10.9. The number of carbonyl (C=O) groups is 1. The second-order valence-corrected chi connectivity index (χ2v) is 6.64. The number of aromatic nitrogens is 1. The monoisotopic (exact) mass is 366 g/mol. The van der Waals surface area contributed by atoms with Crippen molar-refractivity contribution >= 4 is 11.7 Å². The summed E-state index contributed by atoms with van der Waals surface area (Å²) < 4.78 is 5.37. The molecule has 1 saturated heterocycles. The molecule has 2 aromatic rings. The molecule has 1 aromatic heterocycles. The van der Waals surface area contributed by atoms with E-state index in [0.29, 0.717) is 16.9 Å². The lowest BCUT2D eigenvalue weighted by molar-refractivity contribution is -0.119. The van der Waals surface area contributed by atoms with E-state index in [2.05, 4.69) is 35.8 Å². The maximum atomic E-state index is 10.9. The fraction of sp³-hybridized carbons (Fsp3) is 0.316. The van der Waals surface area contributed by atoms with Crippen LogP contribution in [0.5, 0.6) is 5.75 Å². The topological polar surface area (TPSA) is 139 Å². The molecule has 1 aliphatic rings. The first-order valence-corrected chi connectivity index (χ1v) is 8.63. The Bertz CT molecular complexity index is 898. The Morgan fingerprint density at radius 1 is 1.30 bits per heavy atom. The van der Waals surface area contributed by atoms with Gasteiger partial charge in [-0.3, -0.25) is 15.6 Å². The lowest BCUT2D eigenvalue weighted by atomic mass is 9.89. The normalized spacial score (nSPS) is 21.6. The van der Waals surface area contributed by atoms with E-state index in [0.717, 1.165) is 11.3 Å². The van der Waals surface area contributed by atoms with E-state index in [1.54, 1.807) is 18.2 Å². The van der Waals surface area contributed by atoms with Gasteiger partial charge in [0.25, 0.3) is 5.91 Å². The van der Waals surface area contributed by atoms with Crippen molar-refractivity contribution in [3.8, 4) is 22.9 Å². The molecule has 1 amide bonds. The van der Waals surface area contributed by atoms with Gasteiger partial charge in [-0.15, -0.1) is 0 Å². The van der Waals surface area contributed by atoms with Crippen molar-refractivity contribution < 1.29 is 9.53 Å². The minimum atomic E-state index is -0.558. The molecule has 27 heavy (non-hydrogen) atoms. The number of hydrogen-bond donors (Lipinski definition) is 4. The molecule has 0 aliphatic carbocycles. The zero-order chi connectivity index (χ0) is 19.6. The molecule has 8 nitrogen and oxygen atoms in total. The molecule has 2 heterocycles. The summed E-state index contributed by atoms with van der Waals surface area (Å²) in [5, 5.41) is 9.58. The second-order valence-electron chi connectivity index (χ2n) is 6.64. The highest BCUT2D eigenvalue weighted by Gasteiger charge is 2.33. The first-order chi connectivity index (χ1) is 12.9. The molecule has 0 bridgehead atoms. The van der Waals surface area contributed by atoms with Crippen LogP contribution in [0.4, 0.5) is 5.82 Å². The average Bonchev–Trinajstić information content (AvgIpc) is 2.98. The molecule has 8 heteroatoms. The quantitative estimate of drug-likeness (QED) is 0.620. The van der Waals surface area contributed by atoms with Crippen molar-refractivity contribution in [2.45, 2.75) is 31.8 Å². The van der Waals surface area contributed by atoms with E-state index >= 15 is 0 Å². The number of pyridine rings is 1. The van der Waals surface area contributed by atoms with Crippen molar-refractivity contribution in [2.24, 2.45) is 5.73 Å². The van der Waals surface area contributed by atoms with Crippen molar-refractivity contribution in [1.82, 2.24) is 15.8 Å². The molecule has 2 atom stereocenters. The summed E-state index contributed by atoms with van der Waals surface area (Å²) in [5.41, 5.74) is 20.2. The van der Waals surface area contributed by atoms with Crippen molar-refractivity contribution in [2.75, 3.05) is 12.3 Å². The number of anilines is 1. The van der Waals surface area contributed by atoms with Gasteiger partial charge < -0.3 is 16.2 Å². The number of amides is 1. The van der Waals surface area contributed by atoms with E-state index in [-0.39, 0.29) is 30.4 Å². The van der Waals surface area contributed by atoms with Crippen LogP contribution in [0.15, 0.2) is 30.3 Å². The number of ether oxygens (including phenoxy) is 1. The lowest BCUT2D eigenvalue weighted by Crippen LogP contribution is -2.30. The fourth-order valence-corrected chi connectivity index (χ4v) is 3.40. The summed E-state index contributed by atoms with van der Waals surface area (Å²) in [6.07, 6.45) is 0. The van der Waals surface area contributed by atoms with Crippen LogP contribution in [0.3, 0.4) is 0 Å². The van der Waals surface area contributed by atoms with Crippen LogP contribution in [-0.2, 0) is 4.79 Å². The van der Waals surface area contributed by atoms with Crippen LogP contribution >= 0.6 is 0 Å². The van der Waals surface area contributed by atoms with E-state index in [1.165, 1.54) is 0 Å². The highest BCUT2D eigenvalue weighted by molar-refractivity contribution is 5.77. The summed E-state index contributed by atoms with van der Waals surface area (Å²) in [6.45, 7) is 3.91. The van der Waals surface area contributed by atoms with E-state index in [1.807, 2.05) is 12.1 Å². The molecule has 0 spiro atoms. The van der Waals surface area contributed by atoms with Crippen molar-refractivity contribution in [3.63, 3.8) is 0 Å². The number of nitrogens with two attached hydrogens (primary N) is 2. The van der Waals surface area contributed by atoms with Gasteiger partial charge in [-0.1, -0.05) is 12.1 Å². The third-order valence-electron chi connectivity index (χ3n) is 4.66. The largest absolute Gasteiger partial charge is 0.484 e. The third-order valence-corrected chi connectivity index (χ3v) is 4.66. The number of nitrogens with zero attached hydrogens (tertiary/aromatic N) is 2. The van der Waals surface area contributed by atoms with Gasteiger partial charge in [-0.2, -0.15) is 5.26 Å². The van der Waals surface area contributed by atoms with Gasteiger partial charge in [-0.05, 0) is 37.6 Å². The summed E-state index contributed by atoms with van der Waals surface area (Å²) in [4.78, 5) is 15.4. The number of nitrogen functional groups attached to an aromatic ring is 1. The summed E-state index contributed by atoms with van der Waals surface area (Å²) in [5.74, 6) is 0.226. The average molecular weight is 366 g/mol. The minimum absolute atomic E-state index is 0.105. The standard InChI is InChI=1S/C19H22N6O2/c1-10-18(11(2)25-24-10)16-7-14(15(8-20)19(22)23-16)12-4-3-5-13(6-12)27-9-17(21)26/h3-7,10-11,18,24-25H,9H2,1-2H3,(H2,21,26)(H2,22,23). The van der Waals surface area contributed by atoms with Gasteiger partial charge in [0.05, 0.1) is 0 Å². The predicted molar refractivity (Wildman–Crippen MR) is 101 cm³/mol. The first-order valence-electron chi connectivity index (χ1n) is 8.63. The van der Waals surface area contributed by atoms with Gasteiger partial charge >= 0.3 is 0 Å². The van der Waals surface area contributed by atoms with Crippen LogP contribution in [0, 0.1) is 11.3 Å². The fourth-order valence-electron chi connectivity index (χ4n) is 3.40. The highest BCUT2D eigenvalue weighted by atomic mass is 16.5. The Morgan fingerprint density at radius 2 is 2.00 bits per heavy atom. The number of hydrazine groups is 1. The van der Waals surface area contributed by atoms with Gasteiger partial charge in [-0.25, -0.2) is 4.98 Å². The molecule has 1 aromatic carbocycles. The maximum Gasteiger partial charge on any atom is 0.255 e. The zero-order valence-corrected chi connectivity index (χ0v) is 15.2. The van der Waals surface area contributed by atoms with E-state index in [4.69, 9.17) is 16.2 Å². The number of hydrogen-bond acceptors (Lipinski definition) is 7. The van der Waals surface area contributed by atoms with Crippen LogP contribution in [0.2, 0.25) is 0 Å². The molecule has 3 rings (SSSR count). The van der Waals surface area contributed by atoms with Crippen molar-refractivity contribution in [3.05, 3.63) is 41.6 Å². The Hall–Kier alpha value is -3.15.